The minimum absolute atomic E-state index is 0.0298. The van der Waals surface area contributed by atoms with Gasteiger partial charge in [-0.25, -0.2) is 0 Å². The third-order valence-electron chi connectivity index (χ3n) is 5.20. The summed E-state index contributed by atoms with van der Waals surface area (Å²) in [5.74, 6) is 0.0329. The molecule has 0 amide bonds. The topological polar surface area (TPSA) is 69.4 Å². The highest BCUT2D eigenvalue weighted by Gasteiger charge is 2.50. The molecule has 4 rings (SSSR count). The van der Waals surface area contributed by atoms with E-state index < -0.39 is 15.6 Å². The molecule has 138 valence electrons. The molecule has 0 saturated heterocycles. The van der Waals surface area contributed by atoms with Crippen LogP contribution < -0.4 is 9.92 Å². The van der Waals surface area contributed by atoms with Crippen molar-refractivity contribution in [1.82, 2.24) is 0 Å². The largest absolute Gasteiger partial charge is 0.534 e. The van der Waals surface area contributed by atoms with Gasteiger partial charge in [-0.1, -0.05) is 18.2 Å². The average molecular weight is 383 g/mol. The lowest BCUT2D eigenvalue weighted by atomic mass is 9.85. The Kier molecular flexibility index (Phi) is 3.73. The highest BCUT2D eigenvalue weighted by atomic mass is 32.2. The molecule has 0 heterocycles. The minimum Gasteiger partial charge on any atom is -0.399 e. The predicted molar refractivity (Wildman–Crippen MR) is 91.2 cm³/mol. The van der Waals surface area contributed by atoms with Gasteiger partial charge in [0.2, 0.25) is 0 Å². The van der Waals surface area contributed by atoms with Crippen LogP contribution in [0.25, 0.3) is 11.1 Å². The number of fused-ring (bicyclic) bond motifs is 5. The molecule has 0 radical (unpaired) electrons. The predicted octanol–water partition coefficient (Wildman–Crippen LogP) is 4.53. The van der Waals surface area contributed by atoms with Crippen LogP contribution in [0.1, 0.15) is 42.2 Å². The van der Waals surface area contributed by atoms with E-state index in [-0.39, 0.29) is 17.6 Å². The van der Waals surface area contributed by atoms with Gasteiger partial charge in [-0.05, 0) is 66.0 Å². The minimum atomic E-state index is -5.69. The lowest BCUT2D eigenvalue weighted by Gasteiger charge is -2.22. The van der Waals surface area contributed by atoms with Gasteiger partial charge in [0, 0.05) is 11.3 Å². The highest BCUT2D eigenvalue weighted by molar-refractivity contribution is 7.88. The second-order valence-electron chi connectivity index (χ2n) is 6.75. The van der Waals surface area contributed by atoms with Crippen LogP contribution in [0.5, 0.6) is 5.75 Å². The fourth-order valence-electron chi connectivity index (χ4n) is 4.14. The number of alkyl halides is 3. The molecule has 1 fully saturated rings. The summed E-state index contributed by atoms with van der Waals surface area (Å²) >= 11 is 0. The monoisotopic (exact) mass is 383 g/mol. The molecule has 2 N–H and O–H groups in total. The molecule has 2 unspecified atom stereocenters. The summed E-state index contributed by atoms with van der Waals surface area (Å²) in [5.41, 5.74) is 4.17. The fraction of sp³-hybridized carbons (Fsp3) is 0.333. The summed E-state index contributed by atoms with van der Waals surface area (Å²) in [6.07, 6.45) is 2.57. The van der Waals surface area contributed by atoms with E-state index in [4.69, 9.17) is 5.73 Å². The van der Waals surface area contributed by atoms with E-state index in [2.05, 4.69) is 4.18 Å². The van der Waals surface area contributed by atoms with E-state index in [0.29, 0.717) is 11.3 Å². The summed E-state index contributed by atoms with van der Waals surface area (Å²) in [7, 11) is -5.69. The standard InChI is InChI=1S/C18H16F3NO3S/c19-18(20,21)26(23,24)25-15-8-7-14(10-3-5-13(22)6-4-10)16-11-1-2-12(9-11)17(15)16/h3-8,11-12H,1-2,9,22H2. The van der Waals surface area contributed by atoms with E-state index in [1.54, 1.807) is 18.2 Å². The Morgan fingerprint density at radius 1 is 0.962 bits per heavy atom. The van der Waals surface area contributed by atoms with Gasteiger partial charge >= 0.3 is 15.6 Å². The second kappa shape index (κ2) is 5.64. The van der Waals surface area contributed by atoms with E-state index in [1.807, 2.05) is 12.1 Å². The maximum atomic E-state index is 12.7. The van der Waals surface area contributed by atoms with Gasteiger partial charge in [-0.2, -0.15) is 21.6 Å². The van der Waals surface area contributed by atoms with Crippen LogP contribution in [-0.4, -0.2) is 13.9 Å². The zero-order valence-corrected chi connectivity index (χ0v) is 14.4. The molecule has 0 spiro atoms. The number of anilines is 1. The van der Waals surface area contributed by atoms with Gasteiger partial charge in [0.05, 0.1) is 0 Å². The van der Waals surface area contributed by atoms with Crippen molar-refractivity contribution in [2.75, 3.05) is 5.73 Å². The summed E-state index contributed by atoms with van der Waals surface area (Å²) < 4.78 is 65.6. The normalized spacial score (nSPS) is 21.7. The number of hydrogen-bond acceptors (Lipinski definition) is 4. The van der Waals surface area contributed by atoms with E-state index in [9.17, 15) is 21.6 Å². The molecule has 0 aromatic heterocycles. The lowest BCUT2D eigenvalue weighted by Crippen LogP contribution is -2.28. The summed E-state index contributed by atoms with van der Waals surface area (Å²) in [6, 6.07) is 10.2. The van der Waals surface area contributed by atoms with Crippen molar-refractivity contribution in [3.63, 3.8) is 0 Å². The van der Waals surface area contributed by atoms with Gasteiger partial charge < -0.3 is 9.92 Å². The van der Waals surface area contributed by atoms with Gasteiger partial charge in [0.15, 0.2) is 0 Å². The molecule has 1 saturated carbocycles. The number of nitrogens with two attached hydrogens (primary N) is 1. The summed E-state index contributed by atoms with van der Waals surface area (Å²) in [4.78, 5) is 0. The zero-order chi connectivity index (χ0) is 18.7. The van der Waals surface area contributed by atoms with Crippen LogP contribution in [0.4, 0.5) is 18.9 Å². The van der Waals surface area contributed by atoms with Gasteiger partial charge in [0.25, 0.3) is 0 Å². The summed E-state index contributed by atoms with van der Waals surface area (Å²) in [6.45, 7) is 0. The number of rotatable bonds is 3. The first-order valence-electron chi connectivity index (χ1n) is 8.21. The van der Waals surface area contributed by atoms with Crippen LogP contribution in [0.2, 0.25) is 0 Å². The molecular weight excluding hydrogens is 367 g/mol. The highest BCUT2D eigenvalue weighted by Crippen LogP contribution is 2.58. The zero-order valence-electron chi connectivity index (χ0n) is 13.6. The average Bonchev–Trinajstić information content (AvgIpc) is 3.17. The molecule has 8 heteroatoms. The number of benzene rings is 2. The fourth-order valence-corrected chi connectivity index (χ4v) is 4.61. The first kappa shape index (κ1) is 17.2. The maximum absolute atomic E-state index is 12.7. The molecule has 2 atom stereocenters. The molecule has 2 aliphatic rings. The summed E-state index contributed by atoms with van der Waals surface area (Å²) in [5, 5.41) is 0. The van der Waals surface area contributed by atoms with Crippen molar-refractivity contribution < 1.29 is 25.8 Å². The molecule has 2 aromatic rings. The third-order valence-corrected chi connectivity index (χ3v) is 6.17. The molecule has 2 aliphatic carbocycles. The SMILES string of the molecule is Nc1ccc(-c2ccc(OS(=O)(=O)C(F)(F)F)c3c2C2CCC3C2)cc1. The maximum Gasteiger partial charge on any atom is 0.534 e. The number of nitrogen functional groups attached to an aromatic ring is 1. The Morgan fingerprint density at radius 2 is 1.58 bits per heavy atom. The van der Waals surface area contributed by atoms with E-state index in [0.717, 1.165) is 36.0 Å². The van der Waals surface area contributed by atoms with Crippen molar-refractivity contribution in [3.8, 4) is 16.9 Å². The molecule has 4 nitrogen and oxygen atoms in total. The van der Waals surface area contributed by atoms with Crippen molar-refractivity contribution in [2.45, 2.75) is 36.6 Å². The Bertz CT molecular complexity index is 968. The van der Waals surface area contributed by atoms with E-state index >= 15 is 0 Å². The van der Waals surface area contributed by atoms with Gasteiger partial charge in [-0.3, -0.25) is 0 Å². The Balaban J connectivity index is 1.84. The smallest absolute Gasteiger partial charge is 0.399 e. The molecule has 26 heavy (non-hydrogen) atoms. The second-order valence-corrected chi connectivity index (χ2v) is 8.29. The van der Waals surface area contributed by atoms with E-state index in [1.165, 1.54) is 6.07 Å². The first-order valence-corrected chi connectivity index (χ1v) is 9.61. The molecule has 2 aromatic carbocycles. The van der Waals surface area contributed by atoms with Crippen molar-refractivity contribution in [1.29, 1.82) is 0 Å². The lowest BCUT2D eigenvalue weighted by molar-refractivity contribution is -0.0500. The Labute approximate surface area is 148 Å². The van der Waals surface area contributed by atoms with Crippen LogP contribution in [0.15, 0.2) is 36.4 Å². The Morgan fingerprint density at radius 3 is 2.19 bits per heavy atom. The first-order chi connectivity index (χ1) is 12.2. The number of hydrogen-bond donors (Lipinski definition) is 1. The Hall–Kier alpha value is -2.22. The number of halogens is 3. The quantitative estimate of drug-likeness (QED) is 0.480. The van der Waals surface area contributed by atoms with Crippen molar-refractivity contribution in [2.24, 2.45) is 0 Å². The van der Waals surface area contributed by atoms with Gasteiger partial charge in [-0.15, -0.1) is 0 Å². The molecule has 2 bridgehead atoms. The van der Waals surface area contributed by atoms with Crippen molar-refractivity contribution >= 4 is 15.8 Å². The molecular formula is C18H16F3NO3S. The van der Waals surface area contributed by atoms with Crippen molar-refractivity contribution in [3.05, 3.63) is 47.5 Å². The van der Waals surface area contributed by atoms with Crippen LogP contribution >= 0.6 is 0 Å². The van der Waals surface area contributed by atoms with Crippen LogP contribution in [0, 0.1) is 0 Å². The van der Waals surface area contributed by atoms with Crippen LogP contribution in [-0.2, 0) is 10.1 Å². The molecule has 0 aliphatic heterocycles. The van der Waals surface area contributed by atoms with Gasteiger partial charge in [0.1, 0.15) is 5.75 Å². The third kappa shape index (κ3) is 2.63. The van der Waals surface area contributed by atoms with Crippen LogP contribution in [0.3, 0.4) is 0 Å².